The third kappa shape index (κ3) is 4.48. The van der Waals surface area contributed by atoms with Gasteiger partial charge in [0.05, 0.1) is 10.2 Å². The molecule has 33 heavy (non-hydrogen) atoms. The molecule has 5 heteroatoms. The Labute approximate surface area is 199 Å². The monoisotopic (exact) mass is 455 g/mol. The van der Waals surface area contributed by atoms with Crippen LogP contribution in [0.4, 0.5) is 5.69 Å². The van der Waals surface area contributed by atoms with Gasteiger partial charge < -0.3 is 14.5 Å². The largest absolute Gasteiger partial charge is 0.431 e. The summed E-state index contributed by atoms with van der Waals surface area (Å²) in [5.41, 5.74) is 5.36. The molecule has 0 N–H and O–H groups in total. The van der Waals surface area contributed by atoms with Crippen LogP contribution >= 0.6 is 11.3 Å². The molecule has 3 aromatic carbocycles. The number of para-hydroxylation sites is 2. The number of fused-ring (bicyclic) bond motifs is 2. The van der Waals surface area contributed by atoms with Crippen molar-refractivity contribution in [2.75, 3.05) is 31.1 Å². The van der Waals surface area contributed by atoms with Crippen molar-refractivity contribution >= 4 is 27.2 Å². The molecule has 0 saturated carbocycles. The van der Waals surface area contributed by atoms with Gasteiger partial charge in [-0.2, -0.15) is 0 Å². The van der Waals surface area contributed by atoms with Crippen LogP contribution in [-0.2, 0) is 12.8 Å². The predicted octanol–water partition coefficient (Wildman–Crippen LogP) is 6.16. The van der Waals surface area contributed by atoms with Crippen LogP contribution in [0.2, 0.25) is 0 Å². The molecule has 0 spiro atoms. The zero-order chi connectivity index (χ0) is 22.0. The molecule has 4 nitrogen and oxygen atoms in total. The van der Waals surface area contributed by atoms with E-state index in [-0.39, 0.29) is 0 Å². The zero-order valence-corrected chi connectivity index (χ0v) is 19.6. The number of thiazole rings is 1. The first-order valence-electron chi connectivity index (χ1n) is 12.0. The van der Waals surface area contributed by atoms with Gasteiger partial charge in [0.15, 0.2) is 0 Å². The van der Waals surface area contributed by atoms with Crippen molar-refractivity contribution in [3.63, 3.8) is 0 Å². The topological polar surface area (TPSA) is 28.6 Å². The number of piperidine rings is 1. The summed E-state index contributed by atoms with van der Waals surface area (Å²) in [6.45, 7) is 4.71. The van der Waals surface area contributed by atoms with Crippen molar-refractivity contribution < 1.29 is 4.74 Å². The summed E-state index contributed by atoms with van der Waals surface area (Å²) in [5, 5.41) is 0.701. The van der Waals surface area contributed by atoms with E-state index >= 15 is 0 Å². The van der Waals surface area contributed by atoms with Crippen LogP contribution in [0.3, 0.4) is 0 Å². The van der Waals surface area contributed by atoms with Crippen molar-refractivity contribution in [2.45, 2.75) is 31.7 Å². The number of nitrogens with zero attached hydrogens (tertiary/aromatic N) is 3. The molecule has 3 heterocycles. The van der Waals surface area contributed by atoms with E-state index in [4.69, 9.17) is 4.74 Å². The minimum absolute atomic E-state index is 0.698. The Kier molecular flexibility index (Phi) is 5.75. The lowest BCUT2D eigenvalue weighted by Crippen LogP contribution is -2.44. The normalized spacial score (nSPS) is 16.9. The minimum Gasteiger partial charge on any atom is -0.431 e. The molecule has 6 rings (SSSR count). The number of hydrogen-bond donors (Lipinski definition) is 0. The number of rotatable bonds is 6. The Balaban J connectivity index is 0.992. The molecular formula is C28H29N3OS. The van der Waals surface area contributed by atoms with Gasteiger partial charge in [-0.1, -0.05) is 53.8 Å². The second kappa shape index (κ2) is 9.16. The Morgan fingerprint density at radius 1 is 0.879 bits per heavy atom. The summed E-state index contributed by atoms with van der Waals surface area (Å²) in [7, 11) is 0. The van der Waals surface area contributed by atoms with Crippen molar-refractivity contribution in [1.82, 2.24) is 9.88 Å². The zero-order valence-electron chi connectivity index (χ0n) is 18.8. The summed E-state index contributed by atoms with van der Waals surface area (Å²) < 4.78 is 7.15. The van der Waals surface area contributed by atoms with Crippen molar-refractivity contribution in [2.24, 2.45) is 0 Å². The van der Waals surface area contributed by atoms with E-state index in [2.05, 4.69) is 69.4 Å². The molecule has 1 saturated heterocycles. The van der Waals surface area contributed by atoms with Gasteiger partial charge in [-0.05, 0) is 67.1 Å². The van der Waals surface area contributed by atoms with E-state index in [1.54, 1.807) is 11.3 Å². The number of ether oxygens (including phenoxy) is 1. The highest BCUT2D eigenvalue weighted by Gasteiger charge is 2.28. The first-order valence-corrected chi connectivity index (χ1v) is 12.8. The maximum Gasteiger partial charge on any atom is 0.279 e. The second-order valence-electron chi connectivity index (χ2n) is 9.09. The quantitative estimate of drug-likeness (QED) is 0.348. The van der Waals surface area contributed by atoms with Crippen LogP contribution in [0, 0.1) is 0 Å². The smallest absolute Gasteiger partial charge is 0.279 e. The molecule has 0 radical (unpaired) electrons. The van der Waals surface area contributed by atoms with E-state index in [1.165, 1.54) is 55.7 Å². The fourth-order valence-electron chi connectivity index (χ4n) is 5.20. The Hall–Kier alpha value is -2.89. The summed E-state index contributed by atoms with van der Waals surface area (Å²) in [5.74, 6) is 0.851. The average molecular weight is 456 g/mol. The molecule has 2 aliphatic rings. The maximum absolute atomic E-state index is 5.99. The Bertz CT molecular complexity index is 1190. The van der Waals surface area contributed by atoms with E-state index in [9.17, 15) is 0 Å². The molecular weight excluding hydrogens is 426 g/mol. The second-order valence-corrected chi connectivity index (χ2v) is 10.1. The third-order valence-electron chi connectivity index (χ3n) is 7.04. The maximum atomic E-state index is 5.99. The summed E-state index contributed by atoms with van der Waals surface area (Å²) in [6.07, 6.45) is 4.82. The molecule has 1 fully saturated rings. The summed E-state index contributed by atoms with van der Waals surface area (Å²) >= 11 is 1.59. The molecule has 0 bridgehead atoms. The van der Waals surface area contributed by atoms with Crippen molar-refractivity contribution in [3.05, 3.63) is 83.9 Å². The summed E-state index contributed by atoms with van der Waals surface area (Å²) in [4.78, 5) is 9.85. The van der Waals surface area contributed by atoms with Crippen LogP contribution in [0.15, 0.2) is 72.8 Å². The first kappa shape index (κ1) is 20.7. The average Bonchev–Trinajstić information content (AvgIpc) is 3.48. The lowest BCUT2D eigenvalue weighted by molar-refractivity contribution is 0.212. The Morgan fingerprint density at radius 2 is 1.67 bits per heavy atom. The standard InChI is InChI=1S/C28H29N3OS/c1-3-7-26-22(5-1)14-20-31(26)23-15-18-30(19-16-23)17-13-21-9-11-24(12-10-21)32-28-29-25-6-2-4-8-27(25)33-28/h1-12,23H,13-20H2. The predicted molar refractivity (Wildman–Crippen MR) is 137 cm³/mol. The fraction of sp³-hybridized carbons (Fsp3) is 0.321. The van der Waals surface area contributed by atoms with Gasteiger partial charge in [-0.15, -0.1) is 0 Å². The van der Waals surface area contributed by atoms with E-state index in [1.807, 2.05) is 18.2 Å². The molecule has 0 atom stereocenters. The highest BCUT2D eigenvalue weighted by Crippen LogP contribution is 2.33. The van der Waals surface area contributed by atoms with Gasteiger partial charge in [0.25, 0.3) is 5.19 Å². The highest BCUT2D eigenvalue weighted by molar-refractivity contribution is 7.20. The van der Waals surface area contributed by atoms with Crippen LogP contribution in [0.1, 0.15) is 24.0 Å². The third-order valence-corrected chi connectivity index (χ3v) is 7.95. The van der Waals surface area contributed by atoms with Gasteiger partial charge in [-0.3, -0.25) is 0 Å². The SMILES string of the molecule is c1ccc2c(c1)CCN2C1CCN(CCc2ccc(Oc3nc4ccccc4s3)cc2)CC1. The number of benzene rings is 3. The molecule has 1 aromatic heterocycles. The molecule has 0 amide bonds. The molecule has 0 unspecified atom stereocenters. The molecule has 2 aliphatic heterocycles. The van der Waals surface area contributed by atoms with Crippen LogP contribution < -0.4 is 9.64 Å². The van der Waals surface area contributed by atoms with Crippen LogP contribution in [0.5, 0.6) is 10.9 Å². The van der Waals surface area contributed by atoms with Gasteiger partial charge in [0.1, 0.15) is 5.75 Å². The first-order chi connectivity index (χ1) is 16.3. The van der Waals surface area contributed by atoms with E-state index < -0.39 is 0 Å². The van der Waals surface area contributed by atoms with Crippen molar-refractivity contribution in [1.29, 1.82) is 0 Å². The Morgan fingerprint density at radius 3 is 2.52 bits per heavy atom. The number of hydrogen-bond acceptors (Lipinski definition) is 5. The fourth-order valence-corrected chi connectivity index (χ4v) is 6.04. The molecule has 168 valence electrons. The van der Waals surface area contributed by atoms with Gasteiger partial charge in [0, 0.05) is 37.9 Å². The van der Waals surface area contributed by atoms with Crippen molar-refractivity contribution in [3.8, 4) is 10.9 Å². The number of aromatic nitrogens is 1. The van der Waals surface area contributed by atoms with E-state index in [0.29, 0.717) is 11.2 Å². The van der Waals surface area contributed by atoms with Gasteiger partial charge in [0.2, 0.25) is 0 Å². The lowest BCUT2D eigenvalue weighted by Gasteiger charge is -2.38. The number of anilines is 1. The van der Waals surface area contributed by atoms with Crippen LogP contribution in [-0.4, -0.2) is 42.1 Å². The van der Waals surface area contributed by atoms with Gasteiger partial charge >= 0.3 is 0 Å². The number of likely N-dealkylation sites (tertiary alicyclic amines) is 1. The van der Waals surface area contributed by atoms with Crippen LogP contribution in [0.25, 0.3) is 10.2 Å². The molecule has 0 aliphatic carbocycles. The molecule has 4 aromatic rings. The van der Waals surface area contributed by atoms with Gasteiger partial charge in [-0.25, -0.2) is 4.98 Å². The minimum atomic E-state index is 0.698. The van der Waals surface area contributed by atoms with E-state index in [0.717, 1.165) is 28.9 Å². The summed E-state index contributed by atoms with van der Waals surface area (Å²) in [6, 6.07) is 26.3. The highest BCUT2D eigenvalue weighted by atomic mass is 32.1. The lowest BCUT2D eigenvalue weighted by atomic mass is 10.0.